The molecule has 4 aliphatic carbocycles. The lowest BCUT2D eigenvalue weighted by atomic mass is 9.48. The number of nitrogens with one attached hydrogen (secondary N) is 2. The highest BCUT2D eigenvalue weighted by molar-refractivity contribution is 6.03. The fourth-order valence-corrected chi connectivity index (χ4v) is 6.83. The summed E-state index contributed by atoms with van der Waals surface area (Å²) in [5.41, 5.74) is 1.74. The number of rotatable bonds is 7. The number of furan rings is 1. The summed E-state index contributed by atoms with van der Waals surface area (Å²) in [6.07, 6.45) is 9.11. The Labute approximate surface area is 199 Å². The first-order valence-corrected chi connectivity index (χ1v) is 12.2. The molecule has 34 heavy (non-hydrogen) atoms. The number of ether oxygens (including phenoxy) is 1. The van der Waals surface area contributed by atoms with E-state index in [-0.39, 0.29) is 35.3 Å². The Hall–Kier alpha value is -3.09. The molecule has 7 heteroatoms. The van der Waals surface area contributed by atoms with Gasteiger partial charge in [-0.1, -0.05) is 6.07 Å². The summed E-state index contributed by atoms with van der Waals surface area (Å²) in [7, 11) is 0. The van der Waals surface area contributed by atoms with E-state index < -0.39 is 11.9 Å². The molecule has 1 heterocycles. The number of benzene rings is 1. The Balaban J connectivity index is 1.16. The van der Waals surface area contributed by atoms with Crippen molar-refractivity contribution in [2.24, 2.45) is 23.2 Å². The minimum absolute atomic E-state index is 0.0786. The van der Waals surface area contributed by atoms with Crippen molar-refractivity contribution in [3.8, 4) is 0 Å². The van der Waals surface area contributed by atoms with Gasteiger partial charge in [0.2, 0.25) is 0 Å². The van der Waals surface area contributed by atoms with E-state index in [4.69, 9.17) is 9.15 Å². The number of hydrogen-bond acceptors (Lipinski definition) is 5. The molecule has 4 saturated carbocycles. The highest BCUT2D eigenvalue weighted by Gasteiger charge is 2.53. The zero-order chi connectivity index (χ0) is 23.9. The van der Waals surface area contributed by atoms with Crippen LogP contribution in [0.5, 0.6) is 0 Å². The van der Waals surface area contributed by atoms with E-state index in [0.29, 0.717) is 5.69 Å². The smallest absolute Gasteiger partial charge is 0.338 e. The predicted octanol–water partition coefficient (Wildman–Crippen LogP) is 4.72. The third kappa shape index (κ3) is 4.48. The minimum atomic E-state index is -0.605. The third-order valence-corrected chi connectivity index (χ3v) is 8.18. The molecular formula is C27H32N2O5. The minimum Gasteiger partial charge on any atom is -0.459 e. The zero-order valence-corrected chi connectivity index (χ0v) is 19.8. The summed E-state index contributed by atoms with van der Waals surface area (Å²) in [6, 6.07) is 8.17. The third-order valence-electron chi connectivity index (χ3n) is 8.18. The zero-order valence-electron chi connectivity index (χ0n) is 19.8. The molecule has 0 radical (unpaired) electrons. The summed E-state index contributed by atoms with van der Waals surface area (Å²) in [5.74, 6) is 1.34. The lowest BCUT2D eigenvalue weighted by molar-refractivity contribution is -0.128. The maximum absolute atomic E-state index is 12.6. The van der Waals surface area contributed by atoms with Crippen LogP contribution in [-0.4, -0.2) is 30.4 Å². The van der Waals surface area contributed by atoms with Crippen molar-refractivity contribution in [1.82, 2.24) is 5.32 Å². The van der Waals surface area contributed by atoms with Gasteiger partial charge in [-0.05, 0) is 105 Å². The highest BCUT2D eigenvalue weighted by Crippen LogP contribution is 2.61. The van der Waals surface area contributed by atoms with Gasteiger partial charge in [0.1, 0.15) is 0 Å². The lowest BCUT2D eigenvalue weighted by Gasteiger charge is -2.59. The van der Waals surface area contributed by atoms with Crippen LogP contribution in [-0.2, 0) is 9.53 Å². The SMILES string of the molecule is Cc1ccc(C(=O)OCC(=O)NC(C)C23CC4CC(CC(C4)C2)C3)cc1NC(=O)c1ccco1. The molecule has 1 aromatic heterocycles. The Kier molecular flexibility index (Phi) is 5.96. The van der Waals surface area contributed by atoms with Gasteiger partial charge in [-0.25, -0.2) is 4.79 Å². The summed E-state index contributed by atoms with van der Waals surface area (Å²) in [6.45, 7) is 3.62. The molecule has 2 amide bonds. The maximum Gasteiger partial charge on any atom is 0.338 e. The Morgan fingerprint density at radius 1 is 1.09 bits per heavy atom. The first kappa shape index (κ1) is 22.7. The second-order valence-corrected chi connectivity index (χ2v) is 10.6. The molecule has 4 aliphatic rings. The van der Waals surface area contributed by atoms with Crippen molar-refractivity contribution in [3.63, 3.8) is 0 Å². The first-order valence-electron chi connectivity index (χ1n) is 12.2. The van der Waals surface area contributed by atoms with Crippen molar-refractivity contribution in [3.05, 3.63) is 53.5 Å². The molecule has 1 aromatic carbocycles. The van der Waals surface area contributed by atoms with Gasteiger partial charge in [0.05, 0.1) is 11.8 Å². The van der Waals surface area contributed by atoms with E-state index in [1.165, 1.54) is 44.8 Å². The largest absolute Gasteiger partial charge is 0.459 e. The van der Waals surface area contributed by atoms with Crippen molar-refractivity contribution >= 4 is 23.5 Å². The molecule has 4 fully saturated rings. The molecule has 0 saturated heterocycles. The summed E-state index contributed by atoms with van der Waals surface area (Å²) in [4.78, 5) is 37.5. The fourth-order valence-electron chi connectivity index (χ4n) is 6.83. The molecule has 1 atom stereocenters. The Bertz CT molecular complexity index is 1060. The van der Waals surface area contributed by atoms with Gasteiger partial charge in [0.15, 0.2) is 12.4 Å². The summed E-state index contributed by atoms with van der Waals surface area (Å²) < 4.78 is 10.4. The van der Waals surface area contributed by atoms with Gasteiger partial charge in [0, 0.05) is 11.7 Å². The molecular weight excluding hydrogens is 432 g/mol. The van der Waals surface area contributed by atoms with E-state index in [0.717, 1.165) is 23.3 Å². The average Bonchev–Trinajstić information content (AvgIpc) is 3.33. The first-order chi connectivity index (χ1) is 16.3. The molecule has 1 unspecified atom stereocenters. The van der Waals surface area contributed by atoms with Crippen LogP contribution in [0.3, 0.4) is 0 Å². The van der Waals surface area contributed by atoms with Crippen LogP contribution in [0.15, 0.2) is 41.0 Å². The second-order valence-electron chi connectivity index (χ2n) is 10.6. The van der Waals surface area contributed by atoms with E-state index >= 15 is 0 Å². The topological polar surface area (TPSA) is 97.6 Å². The number of carbonyl (C=O) groups excluding carboxylic acids is 3. The number of aryl methyl sites for hydroxylation is 1. The molecule has 2 N–H and O–H groups in total. The molecule has 0 spiro atoms. The van der Waals surface area contributed by atoms with Crippen LogP contribution in [0.4, 0.5) is 5.69 Å². The Morgan fingerprint density at radius 3 is 2.38 bits per heavy atom. The quantitative estimate of drug-likeness (QED) is 0.578. The number of hydrogen-bond donors (Lipinski definition) is 2. The van der Waals surface area contributed by atoms with Crippen molar-refractivity contribution < 1.29 is 23.5 Å². The van der Waals surface area contributed by atoms with Gasteiger partial charge in [-0.2, -0.15) is 0 Å². The fraction of sp³-hybridized carbons (Fsp3) is 0.519. The van der Waals surface area contributed by atoms with Crippen LogP contribution in [0, 0.1) is 30.1 Å². The van der Waals surface area contributed by atoms with Gasteiger partial charge < -0.3 is 19.8 Å². The number of anilines is 1. The molecule has 0 aliphatic heterocycles. The second kappa shape index (κ2) is 8.93. The normalized spacial score (nSPS) is 27.8. The van der Waals surface area contributed by atoms with Crippen molar-refractivity contribution in [2.75, 3.05) is 11.9 Å². The molecule has 6 rings (SSSR count). The predicted molar refractivity (Wildman–Crippen MR) is 126 cm³/mol. The summed E-state index contributed by atoms with van der Waals surface area (Å²) >= 11 is 0. The lowest BCUT2D eigenvalue weighted by Crippen LogP contribution is -2.56. The number of amides is 2. The Morgan fingerprint density at radius 2 is 1.76 bits per heavy atom. The van der Waals surface area contributed by atoms with Gasteiger partial charge >= 0.3 is 5.97 Å². The monoisotopic (exact) mass is 464 g/mol. The molecule has 2 aromatic rings. The van der Waals surface area contributed by atoms with E-state index in [1.54, 1.807) is 30.3 Å². The standard InChI is InChI=1S/C27H32N2O5/c1-16-5-6-21(11-22(16)29-25(31)23-4-3-7-33-23)26(32)34-15-24(30)28-17(2)27-12-18-8-19(13-27)10-20(9-18)14-27/h3-7,11,17-20H,8-10,12-15H2,1-2H3,(H,28,30)(H,29,31). The molecule has 180 valence electrons. The number of carbonyl (C=O) groups is 3. The van der Waals surface area contributed by atoms with Crippen LogP contribution in [0.1, 0.15) is 71.9 Å². The van der Waals surface area contributed by atoms with E-state index in [2.05, 4.69) is 17.6 Å². The van der Waals surface area contributed by atoms with Crippen LogP contribution in [0.2, 0.25) is 0 Å². The number of esters is 1. The van der Waals surface area contributed by atoms with Crippen LogP contribution < -0.4 is 10.6 Å². The van der Waals surface area contributed by atoms with E-state index in [9.17, 15) is 14.4 Å². The van der Waals surface area contributed by atoms with Crippen molar-refractivity contribution in [2.45, 2.75) is 58.4 Å². The van der Waals surface area contributed by atoms with Gasteiger partial charge in [-0.3, -0.25) is 9.59 Å². The van der Waals surface area contributed by atoms with Crippen molar-refractivity contribution in [1.29, 1.82) is 0 Å². The van der Waals surface area contributed by atoms with Crippen LogP contribution >= 0.6 is 0 Å². The van der Waals surface area contributed by atoms with Gasteiger partial charge in [0.25, 0.3) is 11.8 Å². The molecule has 7 nitrogen and oxygen atoms in total. The molecule has 4 bridgehead atoms. The summed E-state index contributed by atoms with van der Waals surface area (Å²) in [5, 5.41) is 5.86. The van der Waals surface area contributed by atoms with E-state index in [1.807, 2.05) is 6.92 Å². The average molecular weight is 465 g/mol. The highest BCUT2D eigenvalue weighted by atomic mass is 16.5. The van der Waals surface area contributed by atoms with Crippen LogP contribution in [0.25, 0.3) is 0 Å². The maximum atomic E-state index is 12.6. The van der Waals surface area contributed by atoms with Gasteiger partial charge in [-0.15, -0.1) is 0 Å².